The number of piperidine rings is 1. The fourth-order valence-electron chi connectivity index (χ4n) is 3.50. The Kier molecular flexibility index (Phi) is 5.48. The SMILES string of the molecule is Cc1cc(N2CCCCC2)ccc1/C=N\NC(=O)c1cc2cc(Br)ccc2o1. The number of carbonyl (C=O) groups excluding carboxylic acids is 1. The summed E-state index contributed by atoms with van der Waals surface area (Å²) < 4.78 is 6.52. The minimum atomic E-state index is -0.369. The van der Waals surface area contributed by atoms with Crippen molar-refractivity contribution < 1.29 is 9.21 Å². The van der Waals surface area contributed by atoms with Gasteiger partial charge >= 0.3 is 5.91 Å². The Labute approximate surface area is 172 Å². The summed E-state index contributed by atoms with van der Waals surface area (Å²) in [4.78, 5) is 14.7. The second-order valence-corrected chi connectivity index (χ2v) is 8.00. The maximum absolute atomic E-state index is 12.3. The molecule has 0 atom stereocenters. The van der Waals surface area contributed by atoms with Crippen molar-refractivity contribution in [1.29, 1.82) is 0 Å². The molecule has 28 heavy (non-hydrogen) atoms. The maximum atomic E-state index is 12.3. The second-order valence-electron chi connectivity index (χ2n) is 7.08. The highest BCUT2D eigenvalue weighted by molar-refractivity contribution is 9.10. The summed E-state index contributed by atoms with van der Waals surface area (Å²) in [6.07, 6.45) is 5.51. The predicted molar refractivity (Wildman–Crippen MR) is 116 cm³/mol. The van der Waals surface area contributed by atoms with E-state index in [-0.39, 0.29) is 11.7 Å². The second kappa shape index (κ2) is 8.19. The van der Waals surface area contributed by atoms with E-state index in [0.717, 1.165) is 34.1 Å². The number of furan rings is 1. The molecule has 2 heterocycles. The number of hydrogen-bond acceptors (Lipinski definition) is 4. The summed E-state index contributed by atoms with van der Waals surface area (Å²) in [5, 5.41) is 4.97. The molecule has 0 spiro atoms. The Bertz CT molecular complexity index is 1040. The van der Waals surface area contributed by atoms with Crippen LogP contribution in [0.3, 0.4) is 0 Å². The smallest absolute Gasteiger partial charge is 0.307 e. The van der Waals surface area contributed by atoms with Crippen molar-refractivity contribution in [2.45, 2.75) is 26.2 Å². The van der Waals surface area contributed by atoms with Gasteiger partial charge in [0.05, 0.1) is 6.21 Å². The number of nitrogens with one attached hydrogen (secondary N) is 1. The summed E-state index contributed by atoms with van der Waals surface area (Å²) >= 11 is 3.41. The first-order chi connectivity index (χ1) is 13.6. The fourth-order valence-corrected chi connectivity index (χ4v) is 3.87. The third kappa shape index (κ3) is 4.12. The number of halogens is 1. The van der Waals surface area contributed by atoms with Gasteiger partial charge in [-0.1, -0.05) is 22.0 Å². The minimum Gasteiger partial charge on any atom is -0.451 e. The first-order valence-corrected chi connectivity index (χ1v) is 10.3. The minimum absolute atomic E-state index is 0.238. The normalized spacial score (nSPS) is 14.7. The molecule has 1 aliphatic heterocycles. The molecule has 1 aromatic heterocycles. The van der Waals surface area contributed by atoms with Crippen molar-refractivity contribution in [3.8, 4) is 0 Å². The van der Waals surface area contributed by atoms with Crippen LogP contribution in [0.2, 0.25) is 0 Å². The van der Waals surface area contributed by atoms with Crippen LogP contribution in [-0.2, 0) is 0 Å². The molecule has 1 N–H and O–H groups in total. The highest BCUT2D eigenvalue weighted by atomic mass is 79.9. The van der Waals surface area contributed by atoms with Crippen molar-refractivity contribution in [3.63, 3.8) is 0 Å². The summed E-state index contributed by atoms with van der Waals surface area (Å²) in [6.45, 7) is 4.31. The molecule has 144 valence electrons. The van der Waals surface area contributed by atoms with Gasteiger partial charge in [0, 0.05) is 28.6 Å². The van der Waals surface area contributed by atoms with E-state index in [0.29, 0.717) is 5.58 Å². The highest BCUT2D eigenvalue weighted by Crippen LogP contribution is 2.24. The van der Waals surface area contributed by atoms with E-state index in [1.54, 1.807) is 12.3 Å². The lowest BCUT2D eigenvalue weighted by Gasteiger charge is -2.29. The van der Waals surface area contributed by atoms with Gasteiger partial charge in [-0.15, -0.1) is 0 Å². The average Bonchev–Trinajstić information content (AvgIpc) is 3.13. The first-order valence-electron chi connectivity index (χ1n) is 9.48. The van der Waals surface area contributed by atoms with Gasteiger partial charge in [0.2, 0.25) is 0 Å². The number of benzene rings is 2. The van der Waals surface area contributed by atoms with Crippen LogP contribution in [0.1, 0.15) is 40.9 Å². The monoisotopic (exact) mass is 439 g/mol. The zero-order chi connectivity index (χ0) is 19.5. The number of hydrogen-bond donors (Lipinski definition) is 1. The van der Waals surface area contributed by atoms with Crippen LogP contribution >= 0.6 is 15.9 Å². The van der Waals surface area contributed by atoms with E-state index in [1.807, 2.05) is 24.3 Å². The van der Waals surface area contributed by atoms with Gasteiger partial charge in [-0.3, -0.25) is 4.79 Å². The van der Waals surface area contributed by atoms with E-state index < -0.39 is 0 Å². The largest absolute Gasteiger partial charge is 0.451 e. The van der Waals surface area contributed by atoms with E-state index in [1.165, 1.54) is 24.9 Å². The van der Waals surface area contributed by atoms with Crippen molar-refractivity contribution in [3.05, 3.63) is 63.8 Å². The van der Waals surface area contributed by atoms with Crippen LogP contribution in [-0.4, -0.2) is 25.2 Å². The van der Waals surface area contributed by atoms with Gasteiger partial charge in [0.15, 0.2) is 5.76 Å². The van der Waals surface area contributed by atoms with Gasteiger partial charge in [0.25, 0.3) is 0 Å². The Hall–Kier alpha value is -2.60. The summed E-state index contributed by atoms with van der Waals surface area (Å²) in [6, 6.07) is 13.7. The van der Waals surface area contributed by atoms with E-state index in [9.17, 15) is 4.79 Å². The molecule has 0 radical (unpaired) electrons. The number of rotatable bonds is 4. The maximum Gasteiger partial charge on any atom is 0.307 e. The van der Waals surface area contributed by atoms with Crippen LogP contribution < -0.4 is 10.3 Å². The fraction of sp³-hybridized carbons (Fsp3) is 0.273. The Morgan fingerprint density at radius 1 is 1.14 bits per heavy atom. The Morgan fingerprint density at radius 3 is 2.75 bits per heavy atom. The average molecular weight is 440 g/mol. The molecule has 1 saturated heterocycles. The molecular formula is C22H22BrN3O2. The molecule has 4 rings (SSSR count). The number of fused-ring (bicyclic) bond motifs is 1. The highest BCUT2D eigenvalue weighted by Gasteiger charge is 2.13. The lowest BCUT2D eigenvalue weighted by Crippen LogP contribution is -2.29. The van der Waals surface area contributed by atoms with Gasteiger partial charge in [-0.05, 0) is 73.7 Å². The molecule has 0 saturated carbocycles. The third-order valence-corrected chi connectivity index (χ3v) is 5.54. The molecule has 3 aromatic rings. The van der Waals surface area contributed by atoms with Crippen molar-refractivity contribution >= 4 is 44.7 Å². The summed E-state index contributed by atoms with van der Waals surface area (Å²) in [5.41, 5.74) is 6.58. The van der Waals surface area contributed by atoms with Gasteiger partial charge in [-0.2, -0.15) is 5.10 Å². The van der Waals surface area contributed by atoms with E-state index >= 15 is 0 Å². The lowest BCUT2D eigenvalue weighted by atomic mass is 10.1. The Balaban J connectivity index is 1.42. The van der Waals surface area contributed by atoms with Crippen LogP contribution in [0.15, 0.2) is 56.5 Å². The van der Waals surface area contributed by atoms with Crippen LogP contribution in [0.25, 0.3) is 11.0 Å². The van der Waals surface area contributed by atoms with Gasteiger partial charge in [0.1, 0.15) is 5.58 Å². The van der Waals surface area contributed by atoms with Crippen LogP contribution in [0.5, 0.6) is 0 Å². The number of nitrogens with zero attached hydrogens (tertiary/aromatic N) is 2. The summed E-state index contributed by atoms with van der Waals surface area (Å²) in [7, 11) is 0. The van der Waals surface area contributed by atoms with Gasteiger partial charge < -0.3 is 9.32 Å². The quantitative estimate of drug-likeness (QED) is 0.445. The number of hydrazone groups is 1. The van der Waals surface area contributed by atoms with Crippen LogP contribution in [0, 0.1) is 6.92 Å². The lowest BCUT2D eigenvalue weighted by molar-refractivity contribution is 0.0929. The van der Waals surface area contributed by atoms with Crippen molar-refractivity contribution in [2.24, 2.45) is 5.10 Å². The van der Waals surface area contributed by atoms with Gasteiger partial charge in [-0.25, -0.2) is 5.43 Å². The Morgan fingerprint density at radius 2 is 1.96 bits per heavy atom. The third-order valence-electron chi connectivity index (χ3n) is 5.05. The van der Waals surface area contributed by atoms with E-state index in [4.69, 9.17) is 4.42 Å². The zero-order valence-electron chi connectivity index (χ0n) is 15.7. The number of anilines is 1. The molecule has 0 aliphatic carbocycles. The van der Waals surface area contributed by atoms with Crippen molar-refractivity contribution in [2.75, 3.05) is 18.0 Å². The number of aryl methyl sites for hydroxylation is 1. The molecule has 0 bridgehead atoms. The van der Waals surface area contributed by atoms with Crippen molar-refractivity contribution in [1.82, 2.24) is 5.43 Å². The zero-order valence-corrected chi connectivity index (χ0v) is 17.3. The molecule has 0 unspecified atom stereocenters. The summed E-state index contributed by atoms with van der Waals surface area (Å²) in [5.74, 6) is -0.131. The number of amides is 1. The van der Waals surface area contributed by atoms with Crippen LogP contribution in [0.4, 0.5) is 5.69 Å². The molecule has 2 aromatic carbocycles. The number of carbonyl (C=O) groups is 1. The molecule has 5 nitrogen and oxygen atoms in total. The topological polar surface area (TPSA) is 57.8 Å². The molecule has 1 amide bonds. The van der Waals surface area contributed by atoms with E-state index in [2.05, 4.69) is 50.4 Å². The molecule has 6 heteroatoms. The molecule has 1 fully saturated rings. The predicted octanol–water partition coefficient (Wildman–Crippen LogP) is 5.26. The molecular weight excluding hydrogens is 418 g/mol. The first kappa shape index (κ1) is 18.7. The standard InChI is InChI=1S/C22H22BrN3O2/c1-15-11-19(26-9-3-2-4-10-26)7-5-16(15)14-24-25-22(27)21-13-17-12-18(23)6-8-20(17)28-21/h5-8,11-14H,2-4,9-10H2,1H3,(H,25,27)/b24-14-. The molecule has 1 aliphatic rings.